The number of hydrogen-bond donors (Lipinski definition) is 1. The van der Waals surface area contributed by atoms with Crippen molar-refractivity contribution in [2.24, 2.45) is 0 Å². The van der Waals surface area contributed by atoms with Crippen LogP contribution in [-0.2, 0) is 6.54 Å². The van der Waals surface area contributed by atoms with Gasteiger partial charge in [0, 0.05) is 25.1 Å². The normalized spacial score (nSPS) is 10.3. The summed E-state index contributed by atoms with van der Waals surface area (Å²) in [6.07, 6.45) is 5.66. The Kier molecular flexibility index (Phi) is 2.67. The molecule has 2 aromatic heterocycles. The van der Waals surface area contributed by atoms with Crippen molar-refractivity contribution < 1.29 is 0 Å². The zero-order chi connectivity index (χ0) is 10.7. The van der Waals surface area contributed by atoms with Gasteiger partial charge < -0.3 is 5.32 Å². The fourth-order valence-electron chi connectivity index (χ4n) is 1.36. The fourth-order valence-corrected chi connectivity index (χ4v) is 1.36. The number of rotatable bonds is 3. The highest BCUT2D eigenvalue weighted by atomic mass is 15.3. The molecule has 0 aliphatic carbocycles. The molecular formula is C11H14N4. The molecule has 0 aliphatic rings. The third-order valence-electron chi connectivity index (χ3n) is 2.24. The summed E-state index contributed by atoms with van der Waals surface area (Å²) in [7, 11) is 1.88. The average molecular weight is 202 g/mol. The molecule has 0 atom stereocenters. The van der Waals surface area contributed by atoms with Crippen LogP contribution in [-0.4, -0.2) is 21.8 Å². The molecule has 4 nitrogen and oxygen atoms in total. The van der Waals surface area contributed by atoms with E-state index in [0.717, 1.165) is 23.5 Å². The van der Waals surface area contributed by atoms with Crippen LogP contribution in [0, 0.1) is 6.92 Å². The third kappa shape index (κ3) is 2.34. The van der Waals surface area contributed by atoms with E-state index in [4.69, 9.17) is 0 Å². The lowest BCUT2D eigenvalue weighted by Crippen LogP contribution is -2.00. The van der Waals surface area contributed by atoms with E-state index in [1.165, 1.54) is 0 Å². The van der Waals surface area contributed by atoms with Gasteiger partial charge in [-0.25, -0.2) is 0 Å². The summed E-state index contributed by atoms with van der Waals surface area (Å²) in [4.78, 5) is 4.25. The number of nitrogens with zero attached hydrogens (tertiary/aromatic N) is 3. The summed E-state index contributed by atoms with van der Waals surface area (Å²) in [6, 6.07) is 4.08. The topological polar surface area (TPSA) is 42.7 Å². The molecular weight excluding hydrogens is 188 g/mol. The van der Waals surface area contributed by atoms with E-state index >= 15 is 0 Å². The van der Waals surface area contributed by atoms with E-state index < -0.39 is 0 Å². The van der Waals surface area contributed by atoms with Gasteiger partial charge in [-0.05, 0) is 18.6 Å². The highest BCUT2D eigenvalue weighted by Gasteiger charge is 1.98. The van der Waals surface area contributed by atoms with Crippen LogP contribution in [0.15, 0.2) is 30.7 Å². The summed E-state index contributed by atoms with van der Waals surface area (Å²) in [5.41, 5.74) is 3.22. The van der Waals surface area contributed by atoms with Crippen LogP contribution < -0.4 is 5.32 Å². The van der Waals surface area contributed by atoms with Crippen LogP contribution in [0.3, 0.4) is 0 Å². The smallest absolute Gasteiger partial charge is 0.0724 e. The van der Waals surface area contributed by atoms with Crippen molar-refractivity contribution in [3.05, 3.63) is 42.0 Å². The molecule has 15 heavy (non-hydrogen) atoms. The summed E-state index contributed by atoms with van der Waals surface area (Å²) in [5.74, 6) is 0. The summed E-state index contributed by atoms with van der Waals surface area (Å²) >= 11 is 0. The Balaban J connectivity index is 2.11. The quantitative estimate of drug-likeness (QED) is 0.823. The van der Waals surface area contributed by atoms with E-state index in [0.29, 0.717) is 0 Å². The van der Waals surface area contributed by atoms with Crippen LogP contribution in [0.2, 0.25) is 0 Å². The van der Waals surface area contributed by atoms with Gasteiger partial charge in [0.25, 0.3) is 0 Å². The summed E-state index contributed by atoms with van der Waals surface area (Å²) < 4.78 is 1.89. The van der Waals surface area contributed by atoms with Crippen molar-refractivity contribution in [1.29, 1.82) is 0 Å². The zero-order valence-electron chi connectivity index (χ0n) is 8.94. The molecule has 2 aromatic rings. The summed E-state index contributed by atoms with van der Waals surface area (Å²) in [5, 5.41) is 7.27. The van der Waals surface area contributed by atoms with Gasteiger partial charge in [-0.1, -0.05) is 6.07 Å². The second kappa shape index (κ2) is 4.13. The number of pyridine rings is 1. The van der Waals surface area contributed by atoms with Crippen LogP contribution in [0.5, 0.6) is 0 Å². The Morgan fingerprint density at radius 3 is 2.80 bits per heavy atom. The molecule has 2 heterocycles. The van der Waals surface area contributed by atoms with Gasteiger partial charge in [0.05, 0.1) is 18.4 Å². The van der Waals surface area contributed by atoms with Gasteiger partial charge in [0.2, 0.25) is 0 Å². The molecule has 0 radical (unpaired) electrons. The maximum Gasteiger partial charge on any atom is 0.0724 e. The number of anilines is 1. The molecule has 0 unspecified atom stereocenters. The van der Waals surface area contributed by atoms with Crippen molar-refractivity contribution in [1.82, 2.24) is 14.8 Å². The minimum absolute atomic E-state index is 0.759. The van der Waals surface area contributed by atoms with Gasteiger partial charge in [0.15, 0.2) is 0 Å². The lowest BCUT2D eigenvalue weighted by atomic mass is 10.2. The van der Waals surface area contributed by atoms with E-state index in [-0.39, 0.29) is 0 Å². The molecule has 78 valence electrons. The molecule has 0 aliphatic heterocycles. The van der Waals surface area contributed by atoms with E-state index in [1.54, 1.807) is 0 Å². The van der Waals surface area contributed by atoms with Gasteiger partial charge >= 0.3 is 0 Å². The van der Waals surface area contributed by atoms with E-state index in [9.17, 15) is 0 Å². The predicted molar refractivity (Wildman–Crippen MR) is 59.8 cm³/mol. The van der Waals surface area contributed by atoms with Gasteiger partial charge in [-0.2, -0.15) is 5.10 Å². The lowest BCUT2D eigenvalue weighted by Gasteiger charge is -2.01. The van der Waals surface area contributed by atoms with Crippen molar-refractivity contribution in [2.45, 2.75) is 13.5 Å². The van der Waals surface area contributed by atoms with Gasteiger partial charge in [0.1, 0.15) is 0 Å². The van der Waals surface area contributed by atoms with Crippen molar-refractivity contribution in [3.63, 3.8) is 0 Å². The van der Waals surface area contributed by atoms with Crippen molar-refractivity contribution in [3.8, 4) is 0 Å². The molecule has 0 bridgehead atoms. The molecule has 0 amide bonds. The first kappa shape index (κ1) is 9.71. The minimum atomic E-state index is 0.759. The Hall–Kier alpha value is -1.84. The SMILES string of the molecule is CNc1cnn(Cc2ccc(C)nc2)c1. The molecule has 0 saturated carbocycles. The van der Waals surface area contributed by atoms with E-state index in [2.05, 4.69) is 21.5 Å². The standard InChI is InChI=1S/C11H14N4/c1-9-3-4-10(5-13-9)7-15-8-11(12-2)6-14-15/h3-6,8,12H,7H2,1-2H3. The van der Waals surface area contributed by atoms with Crippen LogP contribution in [0.1, 0.15) is 11.3 Å². The van der Waals surface area contributed by atoms with Gasteiger partial charge in [-0.15, -0.1) is 0 Å². The number of hydrogen-bond acceptors (Lipinski definition) is 3. The minimum Gasteiger partial charge on any atom is -0.386 e. The third-order valence-corrected chi connectivity index (χ3v) is 2.24. The maximum atomic E-state index is 4.25. The Morgan fingerprint density at radius 1 is 1.33 bits per heavy atom. The molecule has 2 rings (SSSR count). The van der Waals surface area contributed by atoms with E-state index in [1.807, 2.05) is 43.3 Å². The molecule has 0 spiro atoms. The monoisotopic (exact) mass is 202 g/mol. The largest absolute Gasteiger partial charge is 0.386 e. The highest BCUT2D eigenvalue weighted by molar-refractivity contribution is 5.37. The van der Waals surface area contributed by atoms with Crippen LogP contribution >= 0.6 is 0 Å². The second-order valence-electron chi connectivity index (χ2n) is 3.48. The first-order chi connectivity index (χ1) is 7.28. The highest BCUT2D eigenvalue weighted by Crippen LogP contribution is 2.06. The molecule has 0 saturated heterocycles. The Labute approximate surface area is 89.0 Å². The molecule has 0 aromatic carbocycles. The maximum absolute atomic E-state index is 4.25. The second-order valence-corrected chi connectivity index (χ2v) is 3.48. The Morgan fingerprint density at radius 2 is 2.20 bits per heavy atom. The molecule has 0 fully saturated rings. The molecule has 1 N–H and O–H groups in total. The zero-order valence-corrected chi connectivity index (χ0v) is 8.94. The first-order valence-electron chi connectivity index (χ1n) is 4.89. The van der Waals surface area contributed by atoms with Crippen molar-refractivity contribution in [2.75, 3.05) is 12.4 Å². The predicted octanol–water partition coefficient (Wildman–Crippen LogP) is 1.68. The Bertz CT molecular complexity index is 430. The lowest BCUT2D eigenvalue weighted by molar-refractivity contribution is 0.684. The van der Waals surface area contributed by atoms with Gasteiger partial charge in [-0.3, -0.25) is 9.67 Å². The first-order valence-corrected chi connectivity index (χ1v) is 4.89. The number of aryl methyl sites for hydroxylation is 1. The van der Waals surface area contributed by atoms with Crippen LogP contribution in [0.25, 0.3) is 0 Å². The van der Waals surface area contributed by atoms with Crippen molar-refractivity contribution >= 4 is 5.69 Å². The fraction of sp³-hybridized carbons (Fsp3) is 0.273. The average Bonchev–Trinajstić information content (AvgIpc) is 2.69. The number of nitrogens with one attached hydrogen (secondary N) is 1. The molecule has 4 heteroatoms. The van der Waals surface area contributed by atoms with Crippen LogP contribution in [0.4, 0.5) is 5.69 Å². The number of aromatic nitrogens is 3. The summed E-state index contributed by atoms with van der Waals surface area (Å²) in [6.45, 7) is 2.74.